The van der Waals surface area contributed by atoms with Gasteiger partial charge in [-0.25, -0.2) is 0 Å². The van der Waals surface area contributed by atoms with Gasteiger partial charge in [0.1, 0.15) is 0 Å². The lowest BCUT2D eigenvalue weighted by Gasteiger charge is -2.40. The van der Waals surface area contributed by atoms with Crippen LogP contribution in [-0.4, -0.2) is 18.2 Å². The Morgan fingerprint density at radius 2 is 2.05 bits per heavy atom. The Hall–Kier alpha value is -1.52. The molecule has 2 aromatic rings. The Bertz CT molecular complexity index is 694. The minimum absolute atomic E-state index is 0.363. The van der Waals surface area contributed by atoms with Gasteiger partial charge in [-0.1, -0.05) is 0 Å². The van der Waals surface area contributed by atoms with E-state index in [9.17, 15) is 0 Å². The predicted octanol–water partition coefficient (Wildman–Crippen LogP) is 3.13. The molecule has 0 amide bonds. The van der Waals surface area contributed by atoms with Crippen molar-refractivity contribution in [2.75, 3.05) is 13.3 Å². The highest BCUT2D eigenvalue weighted by molar-refractivity contribution is 7.10. The van der Waals surface area contributed by atoms with E-state index in [1.807, 2.05) is 11.3 Å². The fourth-order valence-corrected chi connectivity index (χ4v) is 4.59. The topological polar surface area (TPSA) is 21.7 Å². The zero-order valence-electron chi connectivity index (χ0n) is 11.1. The summed E-state index contributed by atoms with van der Waals surface area (Å²) in [6, 6.07) is 7.21. The maximum absolute atomic E-state index is 5.56. The highest BCUT2D eigenvalue weighted by atomic mass is 32.1. The lowest BCUT2D eigenvalue weighted by molar-refractivity contribution is 0.162. The summed E-state index contributed by atoms with van der Waals surface area (Å²) in [6.45, 7) is 2.60. The monoisotopic (exact) mass is 285 g/mol. The molecule has 0 N–H and O–H groups in total. The summed E-state index contributed by atoms with van der Waals surface area (Å²) in [5.74, 6) is 1.84. The van der Waals surface area contributed by atoms with Crippen LogP contribution in [0.2, 0.25) is 0 Å². The standard InChI is InChI=1S/C16H15NO2S/c1-3-17-8-11-2-4-20-16(11)7-13(17)12-6-15-14(5-10(1)12)18-9-19-15/h2,4-6,13H,1,3,7-9H2/t13-/m0/s1. The first kappa shape index (κ1) is 11.2. The van der Waals surface area contributed by atoms with Crippen LogP contribution in [0.3, 0.4) is 0 Å². The quantitative estimate of drug-likeness (QED) is 0.742. The van der Waals surface area contributed by atoms with E-state index in [4.69, 9.17) is 9.47 Å². The van der Waals surface area contributed by atoms with Gasteiger partial charge in [0.25, 0.3) is 0 Å². The molecule has 0 bridgehead atoms. The maximum Gasteiger partial charge on any atom is 0.231 e. The molecule has 0 unspecified atom stereocenters. The first-order valence-corrected chi connectivity index (χ1v) is 7.98. The second-order valence-electron chi connectivity index (χ2n) is 5.71. The van der Waals surface area contributed by atoms with E-state index in [1.54, 1.807) is 4.88 Å². The smallest absolute Gasteiger partial charge is 0.231 e. The SMILES string of the molecule is c1cc2c(s1)C[C@H]1c3cc4c(cc3CCN1C2)OCO4. The van der Waals surface area contributed by atoms with Crippen molar-refractivity contribution >= 4 is 11.3 Å². The van der Waals surface area contributed by atoms with E-state index >= 15 is 0 Å². The summed E-state index contributed by atoms with van der Waals surface area (Å²) < 4.78 is 11.1. The van der Waals surface area contributed by atoms with Gasteiger partial charge in [0.05, 0.1) is 0 Å². The number of hydrogen-bond donors (Lipinski definition) is 0. The Morgan fingerprint density at radius 1 is 1.15 bits per heavy atom. The zero-order chi connectivity index (χ0) is 13.1. The molecule has 4 heteroatoms. The molecular formula is C16H15NO2S. The van der Waals surface area contributed by atoms with Crippen molar-refractivity contribution in [3.05, 3.63) is 45.1 Å². The molecule has 0 saturated heterocycles. The third-order valence-corrected chi connectivity index (χ3v) is 5.68. The van der Waals surface area contributed by atoms with E-state index in [-0.39, 0.29) is 0 Å². The molecule has 0 spiro atoms. The Kier molecular flexibility index (Phi) is 2.23. The van der Waals surface area contributed by atoms with Crippen LogP contribution >= 0.6 is 11.3 Å². The number of thiophene rings is 1. The van der Waals surface area contributed by atoms with Crippen LogP contribution in [0, 0.1) is 0 Å². The van der Waals surface area contributed by atoms with Crippen molar-refractivity contribution in [1.82, 2.24) is 4.90 Å². The summed E-state index contributed by atoms with van der Waals surface area (Å²) >= 11 is 1.90. The summed E-state index contributed by atoms with van der Waals surface area (Å²) in [5, 5.41) is 2.23. The van der Waals surface area contributed by atoms with Gasteiger partial charge in [-0.15, -0.1) is 11.3 Å². The van der Waals surface area contributed by atoms with Gasteiger partial charge < -0.3 is 9.47 Å². The normalized spacial score (nSPS) is 23.1. The molecule has 20 heavy (non-hydrogen) atoms. The van der Waals surface area contributed by atoms with E-state index in [2.05, 4.69) is 28.5 Å². The van der Waals surface area contributed by atoms with Crippen molar-refractivity contribution < 1.29 is 9.47 Å². The lowest BCUT2D eigenvalue weighted by atomic mass is 9.87. The van der Waals surface area contributed by atoms with Crippen molar-refractivity contribution in [2.24, 2.45) is 0 Å². The number of ether oxygens (including phenoxy) is 2. The Labute approximate surface area is 121 Å². The predicted molar refractivity (Wildman–Crippen MR) is 77.4 cm³/mol. The number of benzene rings is 1. The van der Waals surface area contributed by atoms with Crippen LogP contribution in [0.25, 0.3) is 0 Å². The largest absolute Gasteiger partial charge is 0.454 e. The Balaban J connectivity index is 1.62. The number of fused-ring (bicyclic) bond motifs is 5. The first-order valence-electron chi connectivity index (χ1n) is 7.10. The molecule has 0 aliphatic carbocycles. The van der Waals surface area contributed by atoms with Crippen LogP contribution in [0.1, 0.15) is 27.6 Å². The van der Waals surface area contributed by atoms with Gasteiger partial charge in [0.15, 0.2) is 11.5 Å². The Morgan fingerprint density at radius 3 is 3.00 bits per heavy atom. The maximum atomic E-state index is 5.56. The molecular weight excluding hydrogens is 270 g/mol. The average molecular weight is 285 g/mol. The van der Waals surface area contributed by atoms with E-state index in [0.29, 0.717) is 12.8 Å². The molecule has 102 valence electrons. The van der Waals surface area contributed by atoms with Gasteiger partial charge in [-0.2, -0.15) is 0 Å². The van der Waals surface area contributed by atoms with Crippen LogP contribution in [0.15, 0.2) is 23.6 Å². The molecule has 3 aliphatic heterocycles. The number of hydrogen-bond acceptors (Lipinski definition) is 4. The van der Waals surface area contributed by atoms with Crippen LogP contribution in [-0.2, 0) is 19.4 Å². The first-order chi connectivity index (χ1) is 9.88. The molecule has 3 aliphatic rings. The molecule has 0 saturated carbocycles. The number of nitrogens with zero attached hydrogens (tertiary/aromatic N) is 1. The van der Waals surface area contributed by atoms with Gasteiger partial charge >= 0.3 is 0 Å². The van der Waals surface area contributed by atoms with Crippen molar-refractivity contribution in [3.8, 4) is 11.5 Å². The van der Waals surface area contributed by atoms with E-state index < -0.39 is 0 Å². The third-order valence-electron chi connectivity index (χ3n) is 4.69. The average Bonchev–Trinajstić information content (AvgIpc) is 3.10. The molecule has 4 heterocycles. The van der Waals surface area contributed by atoms with Crippen molar-refractivity contribution in [2.45, 2.75) is 25.4 Å². The van der Waals surface area contributed by atoms with Crippen molar-refractivity contribution in [1.29, 1.82) is 0 Å². The highest BCUT2D eigenvalue weighted by Gasteiger charge is 2.34. The van der Waals surface area contributed by atoms with Crippen molar-refractivity contribution in [3.63, 3.8) is 0 Å². The van der Waals surface area contributed by atoms with Crippen LogP contribution in [0.4, 0.5) is 0 Å². The summed E-state index contributed by atoms with van der Waals surface area (Å²) in [4.78, 5) is 4.16. The van der Waals surface area contributed by atoms with Gasteiger partial charge in [-0.3, -0.25) is 4.90 Å². The fraction of sp³-hybridized carbons (Fsp3) is 0.375. The molecule has 5 rings (SSSR count). The zero-order valence-corrected chi connectivity index (χ0v) is 11.9. The summed E-state index contributed by atoms with van der Waals surface area (Å²) in [7, 11) is 0. The van der Waals surface area contributed by atoms with Gasteiger partial charge in [0, 0.05) is 30.4 Å². The van der Waals surface area contributed by atoms with Gasteiger partial charge in [-0.05, 0) is 46.7 Å². The molecule has 0 fully saturated rings. The molecule has 1 aromatic carbocycles. The third kappa shape index (κ3) is 1.49. The minimum atomic E-state index is 0.363. The lowest BCUT2D eigenvalue weighted by Crippen LogP contribution is -2.38. The number of rotatable bonds is 0. The minimum Gasteiger partial charge on any atom is -0.454 e. The van der Waals surface area contributed by atoms with E-state index in [0.717, 1.165) is 37.4 Å². The van der Waals surface area contributed by atoms with E-state index in [1.165, 1.54) is 16.7 Å². The second kappa shape index (κ2) is 3.99. The molecule has 1 atom stereocenters. The summed E-state index contributed by atoms with van der Waals surface area (Å²) in [5.41, 5.74) is 4.41. The van der Waals surface area contributed by atoms with Crippen LogP contribution in [0.5, 0.6) is 11.5 Å². The highest BCUT2D eigenvalue weighted by Crippen LogP contribution is 2.44. The molecule has 0 radical (unpaired) electrons. The molecule has 1 aromatic heterocycles. The summed E-state index contributed by atoms with van der Waals surface area (Å²) in [6.07, 6.45) is 2.25. The van der Waals surface area contributed by atoms with Crippen LogP contribution < -0.4 is 9.47 Å². The van der Waals surface area contributed by atoms with Gasteiger partial charge in [0.2, 0.25) is 6.79 Å². The molecule has 3 nitrogen and oxygen atoms in total. The second-order valence-corrected chi connectivity index (χ2v) is 6.71. The fourth-order valence-electron chi connectivity index (χ4n) is 3.65.